The van der Waals surface area contributed by atoms with E-state index >= 15 is 0 Å². The largest absolute Gasteiger partial charge is 0.368 e. The molecule has 0 radical (unpaired) electrons. The van der Waals surface area contributed by atoms with Gasteiger partial charge in [-0.1, -0.05) is 0 Å². The van der Waals surface area contributed by atoms with Crippen molar-refractivity contribution >= 4 is 16.7 Å². The van der Waals surface area contributed by atoms with Crippen LogP contribution in [0.1, 0.15) is 13.8 Å². The number of aromatic amines is 1. The summed E-state index contributed by atoms with van der Waals surface area (Å²) in [5.74, 6) is 0. The highest BCUT2D eigenvalue weighted by Gasteiger charge is 2.22. The lowest BCUT2D eigenvalue weighted by Crippen LogP contribution is -2.54. The molecule has 0 aromatic carbocycles. The summed E-state index contributed by atoms with van der Waals surface area (Å²) in [4.78, 5) is 9.95. The number of fused-ring (bicyclic) bond motifs is 1. The van der Waals surface area contributed by atoms with Crippen molar-refractivity contribution in [1.29, 1.82) is 0 Å². The molecular formula is C13H18N4. The van der Waals surface area contributed by atoms with Crippen molar-refractivity contribution in [3.63, 3.8) is 0 Å². The van der Waals surface area contributed by atoms with E-state index in [4.69, 9.17) is 0 Å². The van der Waals surface area contributed by atoms with E-state index in [1.54, 1.807) is 0 Å². The van der Waals surface area contributed by atoms with Crippen molar-refractivity contribution < 1.29 is 0 Å². The van der Waals surface area contributed by atoms with Gasteiger partial charge >= 0.3 is 0 Å². The Morgan fingerprint density at radius 2 is 2.00 bits per heavy atom. The van der Waals surface area contributed by atoms with Crippen molar-refractivity contribution in [3.05, 3.63) is 24.5 Å². The second-order valence-electron chi connectivity index (χ2n) is 4.94. The van der Waals surface area contributed by atoms with E-state index in [2.05, 4.69) is 46.2 Å². The molecule has 2 aromatic rings. The van der Waals surface area contributed by atoms with Gasteiger partial charge in [0.05, 0.1) is 0 Å². The summed E-state index contributed by atoms with van der Waals surface area (Å²) >= 11 is 0. The topological polar surface area (TPSA) is 44.0 Å². The van der Waals surface area contributed by atoms with Crippen LogP contribution in [0.25, 0.3) is 11.0 Å². The Morgan fingerprint density at radius 3 is 2.76 bits per heavy atom. The van der Waals surface area contributed by atoms with E-state index in [0.717, 1.165) is 18.7 Å². The molecule has 0 aliphatic carbocycles. The molecule has 0 amide bonds. The molecule has 1 saturated heterocycles. The van der Waals surface area contributed by atoms with Gasteiger partial charge in [-0.15, -0.1) is 0 Å². The summed E-state index contributed by atoms with van der Waals surface area (Å²) in [6, 6.07) is 5.28. The first kappa shape index (κ1) is 10.6. The Hall–Kier alpha value is -1.55. The number of aromatic nitrogens is 2. The Morgan fingerprint density at radius 1 is 1.24 bits per heavy atom. The zero-order valence-electron chi connectivity index (χ0n) is 10.3. The molecule has 4 heteroatoms. The normalized spacial score (nSPS) is 25.4. The van der Waals surface area contributed by atoms with Crippen molar-refractivity contribution in [1.82, 2.24) is 15.3 Å². The number of pyridine rings is 1. The predicted molar refractivity (Wildman–Crippen MR) is 70.4 cm³/mol. The van der Waals surface area contributed by atoms with Crippen molar-refractivity contribution in [2.75, 3.05) is 18.0 Å². The van der Waals surface area contributed by atoms with Gasteiger partial charge in [-0.05, 0) is 26.0 Å². The summed E-state index contributed by atoms with van der Waals surface area (Å²) in [6.45, 7) is 6.57. The fourth-order valence-electron chi connectivity index (χ4n) is 2.75. The van der Waals surface area contributed by atoms with Gasteiger partial charge in [0.25, 0.3) is 0 Å². The third-order valence-corrected chi connectivity index (χ3v) is 3.34. The molecule has 1 aliphatic rings. The zero-order chi connectivity index (χ0) is 11.8. The van der Waals surface area contributed by atoms with Crippen LogP contribution in [0.3, 0.4) is 0 Å². The fourth-order valence-corrected chi connectivity index (χ4v) is 2.75. The van der Waals surface area contributed by atoms with Gasteiger partial charge in [-0.2, -0.15) is 0 Å². The highest BCUT2D eigenvalue weighted by molar-refractivity contribution is 5.89. The molecule has 0 unspecified atom stereocenters. The smallest absolute Gasteiger partial charge is 0.139 e. The summed E-state index contributed by atoms with van der Waals surface area (Å²) < 4.78 is 0. The predicted octanol–water partition coefficient (Wildman–Crippen LogP) is 1.75. The van der Waals surface area contributed by atoms with Crippen LogP contribution in [0, 0.1) is 0 Å². The zero-order valence-corrected chi connectivity index (χ0v) is 10.3. The molecule has 3 rings (SSSR count). The summed E-state index contributed by atoms with van der Waals surface area (Å²) in [7, 11) is 0. The molecule has 17 heavy (non-hydrogen) atoms. The lowest BCUT2D eigenvalue weighted by atomic mass is 10.1. The molecule has 0 spiro atoms. The monoisotopic (exact) mass is 230 g/mol. The van der Waals surface area contributed by atoms with Crippen molar-refractivity contribution in [2.45, 2.75) is 25.9 Å². The van der Waals surface area contributed by atoms with E-state index in [-0.39, 0.29) is 0 Å². The van der Waals surface area contributed by atoms with Crippen LogP contribution < -0.4 is 10.2 Å². The van der Waals surface area contributed by atoms with Gasteiger partial charge < -0.3 is 15.2 Å². The van der Waals surface area contributed by atoms with Crippen LogP contribution in [0.2, 0.25) is 0 Å². The lowest BCUT2D eigenvalue weighted by Gasteiger charge is -2.37. The summed E-state index contributed by atoms with van der Waals surface area (Å²) in [5.41, 5.74) is 2.26. The standard InChI is InChI=1S/C13H18N4/c1-9-7-17(8-10(2)16-9)12-4-6-15-13-11(12)3-5-14-13/h3-6,9-10,16H,7-8H2,1-2H3,(H,14,15)/t9-,10+. The maximum absolute atomic E-state index is 4.34. The summed E-state index contributed by atoms with van der Waals surface area (Å²) in [5, 5.41) is 4.77. The van der Waals surface area contributed by atoms with Gasteiger partial charge in [0.1, 0.15) is 5.65 Å². The van der Waals surface area contributed by atoms with Gasteiger partial charge in [0, 0.05) is 48.6 Å². The van der Waals surface area contributed by atoms with Gasteiger partial charge in [-0.25, -0.2) is 4.98 Å². The number of nitrogens with zero attached hydrogens (tertiary/aromatic N) is 2. The highest BCUT2D eigenvalue weighted by atomic mass is 15.2. The van der Waals surface area contributed by atoms with E-state index in [1.807, 2.05) is 12.4 Å². The molecule has 1 aliphatic heterocycles. The van der Waals surface area contributed by atoms with Crippen LogP contribution >= 0.6 is 0 Å². The van der Waals surface area contributed by atoms with E-state index in [1.165, 1.54) is 11.1 Å². The maximum Gasteiger partial charge on any atom is 0.139 e. The van der Waals surface area contributed by atoms with Crippen LogP contribution in [-0.4, -0.2) is 35.1 Å². The maximum atomic E-state index is 4.34. The minimum Gasteiger partial charge on any atom is -0.368 e. The molecule has 2 N–H and O–H groups in total. The quantitative estimate of drug-likeness (QED) is 0.784. The SMILES string of the molecule is C[C@@H]1CN(c2ccnc3[nH]ccc23)C[C@H](C)N1. The molecular weight excluding hydrogens is 212 g/mol. The van der Waals surface area contributed by atoms with Crippen LogP contribution in [-0.2, 0) is 0 Å². The second kappa shape index (κ2) is 4.04. The van der Waals surface area contributed by atoms with Crippen molar-refractivity contribution in [3.8, 4) is 0 Å². The first-order chi connectivity index (χ1) is 8.24. The molecule has 2 aromatic heterocycles. The van der Waals surface area contributed by atoms with E-state index in [9.17, 15) is 0 Å². The van der Waals surface area contributed by atoms with Gasteiger partial charge in [0.15, 0.2) is 0 Å². The number of hydrogen-bond acceptors (Lipinski definition) is 3. The number of H-pyrrole nitrogens is 1. The highest BCUT2D eigenvalue weighted by Crippen LogP contribution is 2.26. The van der Waals surface area contributed by atoms with E-state index < -0.39 is 0 Å². The Bertz CT molecular complexity index is 509. The molecule has 0 saturated carbocycles. The average Bonchev–Trinajstić information content (AvgIpc) is 2.75. The minimum absolute atomic E-state index is 0.529. The second-order valence-corrected chi connectivity index (χ2v) is 4.94. The van der Waals surface area contributed by atoms with Gasteiger partial charge in [0.2, 0.25) is 0 Å². The third kappa shape index (κ3) is 1.89. The summed E-state index contributed by atoms with van der Waals surface area (Å²) in [6.07, 6.45) is 3.84. The number of nitrogens with one attached hydrogen (secondary N) is 2. The van der Waals surface area contributed by atoms with Crippen LogP contribution in [0.15, 0.2) is 24.5 Å². The lowest BCUT2D eigenvalue weighted by molar-refractivity contribution is 0.407. The minimum atomic E-state index is 0.529. The van der Waals surface area contributed by atoms with Crippen LogP contribution in [0.4, 0.5) is 5.69 Å². The molecule has 90 valence electrons. The Kier molecular flexibility index (Phi) is 2.52. The fraction of sp³-hybridized carbons (Fsp3) is 0.462. The molecule has 3 heterocycles. The number of rotatable bonds is 1. The van der Waals surface area contributed by atoms with Gasteiger partial charge in [-0.3, -0.25) is 0 Å². The first-order valence-electron chi connectivity index (χ1n) is 6.17. The van der Waals surface area contributed by atoms with Crippen molar-refractivity contribution in [2.24, 2.45) is 0 Å². The van der Waals surface area contributed by atoms with E-state index in [0.29, 0.717) is 12.1 Å². The molecule has 4 nitrogen and oxygen atoms in total. The number of hydrogen-bond donors (Lipinski definition) is 2. The van der Waals surface area contributed by atoms with Crippen LogP contribution in [0.5, 0.6) is 0 Å². The number of piperazine rings is 1. The Labute approximate surface area is 101 Å². The molecule has 0 bridgehead atoms. The Balaban J connectivity index is 2.00. The first-order valence-corrected chi connectivity index (χ1v) is 6.17. The molecule has 1 fully saturated rings. The third-order valence-electron chi connectivity index (χ3n) is 3.34. The molecule has 2 atom stereocenters. The number of anilines is 1. The average molecular weight is 230 g/mol.